The first-order chi connectivity index (χ1) is 20.7. The van der Waals surface area contributed by atoms with Crippen LogP contribution in [0.5, 0.6) is 0 Å². The van der Waals surface area contributed by atoms with Gasteiger partial charge in [-0.2, -0.15) is 0 Å². The van der Waals surface area contributed by atoms with Crippen molar-refractivity contribution in [2.45, 2.75) is 71.0 Å². The van der Waals surface area contributed by atoms with Crippen LogP contribution >= 0.6 is 11.3 Å². The largest absolute Gasteiger partial charge is 0.480 e. The number of carboxylic acids is 2. The zero-order valence-electron chi connectivity index (χ0n) is 25.3. The van der Waals surface area contributed by atoms with E-state index in [1.54, 1.807) is 18.4 Å². The van der Waals surface area contributed by atoms with E-state index in [9.17, 15) is 19.5 Å². The number of rotatable bonds is 20. The van der Waals surface area contributed by atoms with E-state index in [2.05, 4.69) is 67.0 Å². The minimum Gasteiger partial charge on any atom is -0.480 e. The summed E-state index contributed by atoms with van der Waals surface area (Å²) in [5.74, 6) is -3.29. The van der Waals surface area contributed by atoms with Crippen LogP contribution in [0.2, 0.25) is 0 Å². The summed E-state index contributed by atoms with van der Waals surface area (Å²) in [4.78, 5) is 37.7. The van der Waals surface area contributed by atoms with Gasteiger partial charge in [0.2, 0.25) is 0 Å². The molecular weight excluding hydrogens is 568 g/mol. The van der Waals surface area contributed by atoms with Crippen LogP contribution in [0.25, 0.3) is 10.1 Å². The van der Waals surface area contributed by atoms with E-state index in [1.807, 2.05) is 0 Å². The lowest BCUT2D eigenvalue weighted by Crippen LogP contribution is -2.50. The lowest BCUT2D eigenvalue weighted by atomic mass is 10.0. The van der Waals surface area contributed by atoms with E-state index in [-0.39, 0.29) is 6.61 Å². The van der Waals surface area contributed by atoms with E-state index in [0.717, 1.165) is 50.8 Å². The van der Waals surface area contributed by atoms with Gasteiger partial charge in [-0.15, -0.1) is 11.3 Å². The Balaban J connectivity index is 1.44. The molecule has 1 heterocycles. The highest BCUT2D eigenvalue weighted by Gasteiger charge is 2.37. The van der Waals surface area contributed by atoms with E-state index < -0.39 is 36.7 Å². The number of unbranched alkanes of at least 4 members (excludes halogenated alkanes) is 4. The SMILES string of the molecule is Cc1ccc(CCCCCOC(C(=O)N(C)CCCCCNc2ccc3sccc3c2)C(OCC(=O)O)C(=O)O)cc1C. The Morgan fingerprint density at radius 2 is 1.67 bits per heavy atom. The fraction of sp³-hybridized carbons (Fsp3) is 0.485. The van der Waals surface area contributed by atoms with Gasteiger partial charge in [0.15, 0.2) is 12.2 Å². The minimum absolute atomic E-state index is 0.167. The van der Waals surface area contributed by atoms with Crippen LogP contribution in [0.1, 0.15) is 55.2 Å². The van der Waals surface area contributed by atoms with Crippen molar-refractivity contribution in [2.24, 2.45) is 0 Å². The molecule has 3 N–H and O–H groups in total. The van der Waals surface area contributed by atoms with Crippen molar-refractivity contribution in [3.8, 4) is 0 Å². The van der Waals surface area contributed by atoms with Crippen LogP contribution in [0.3, 0.4) is 0 Å². The quantitative estimate of drug-likeness (QED) is 0.135. The van der Waals surface area contributed by atoms with Crippen molar-refractivity contribution in [3.63, 3.8) is 0 Å². The first kappa shape index (κ1) is 34.0. The molecule has 234 valence electrons. The normalized spacial score (nSPS) is 12.6. The van der Waals surface area contributed by atoms with Crippen LogP contribution in [0.4, 0.5) is 5.69 Å². The molecule has 2 atom stereocenters. The van der Waals surface area contributed by atoms with Crippen LogP contribution < -0.4 is 5.32 Å². The third-order valence-corrected chi connectivity index (χ3v) is 8.35. The number of aliphatic carboxylic acids is 2. The molecular formula is C33H44N2O7S. The molecule has 0 aliphatic carbocycles. The van der Waals surface area contributed by atoms with Gasteiger partial charge in [-0.1, -0.05) is 24.6 Å². The first-order valence-corrected chi connectivity index (χ1v) is 15.7. The molecule has 0 bridgehead atoms. The Hall–Kier alpha value is -3.47. The number of amides is 1. The summed E-state index contributed by atoms with van der Waals surface area (Å²) in [7, 11) is 1.60. The summed E-state index contributed by atoms with van der Waals surface area (Å²) < 4.78 is 12.1. The number of aryl methyl sites for hydroxylation is 3. The minimum atomic E-state index is -1.72. The highest BCUT2D eigenvalue weighted by atomic mass is 32.1. The summed E-state index contributed by atoms with van der Waals surface area (Å²) in [5, 5.41) is 25.5. The predicted molar refractivity (Wildman–Crippen MR) is 170 cm³/mol. The molecule has 9 nitrogen and oxygen atoms in total. The summed E-state index contributed by atoms with van der Waals surface area (Å²) >= 11 is 1.72. The molecule has 3 rings (SSSR count). The Bertz CT molecular complexity index is 1340. The molecule has 2 aromatic carbocycles. The van der Waals surface area contributed by atoms with Crippen molar-refractivity contribution >= 4 is 45.0 Å². The lowest BCUT2D eigenvalue weighted by molar-refractivity contribution is -0.175. The number of carbonyl (C=O) groups is 3. The van der Waals surface area contributed by atoms with Crippen LogP contribution in [-0.2, 0) is 30.3 Å². The van der Waals surface area contributed by atoms with Crippen molar-refractivity contribution in [2.75, 3.05) is 38.7 Å². The zero-order valence-corrected chi connectivity index (χ0v) is 26.2. The molecule has 3 aromatic rings. The lowest BCUT2D eigenvalue weighted by Gasteiger charge is -2.27. The van der Waals surface area contributed by atoms with Crippen molar-refractivity contribution < 1.29 is 34.1 Å². The Labute approximate surface area is 257 Å². The number of thiophene rings is 1. The molecule has 0 aliphatic rings. The standard InChI is InChI=1S/C33H44N2O7S/c1-23-11-12-25(20-24(23)2)10-6-4-9-18-41-30(31(33(39)40)42-22-29(36)37)32(38)35(3)17-8-5-7-16-34-27-13-14-28-26(21-27)15-19-43-28/h11-15,19-21,30-31,34H,4-10,16-18,22H2,1-3H3,(H,36,37)(H,39,40). The van der Waals surface area contributed by atoms with E-state index in [0.29, 0.717) is 13.0 Å². The highest BCUT2D eigenvalue weighted by Crippen LogP contribution is 2.24. The van der Waals surface area contributed by atoms with Gasteiger partial charge < -0.3 is 29.9 Å². The van der Waals surface area contributed by atoms with Gasteiger partial charge in [-0.3, -0.25) is 4.79 Å². The number of hydrogen-bond donors (Lipinski definition) is 3. The van der Waals surface area contributed by atoms with E-state index >= 15 is 0 Å². The van der Waals surface area contributed by atoms with Gasteiger partial charge in [-0.05, 0) is 104 Å². The van der Waals surface area contributed by atoms with Crippen molar-refractivity contribution in [1.29, 1.82) is 0 Å². The van der Waals surface area contributed by atoms with Crippen LogP contribution in [0, 0.1) is 13.8 Å². The zero-order chi connectivity index (χ0) is 31.2. The molecule has 0 radical (unpaired) electrons. The molecule has 0 saturated heterocycles. The fourth-order valence-electron chi connectivity index (χ4n) is 4.80. The molecule has 0 fully saturated rings. The summed E-state index contributed by atoms with van der Waals surface area (Å²) in [5.41, 5.74) is 4.86. The summed E-state index contributed by atoms with van der Waals surface area (Å²) in [6, 6.07) is 14.9. The number of anilines is 1. The first-order valence-electron chi connectivity index (χ1n) is 14.9. The monoisotopic (exact) mass is 612 g/mol. The predicted octanol–water partition coefficient (Wildman–Crippen LogP) is 5.91. The second kappa shape index (κ2) is 17.6. The number of nitrogens with zero attached hydrogens (tertiary/aromatic N) is 1. The third-order valence-electron chi connectivity index (χ3n) is 7.45. The van der Waals surface area contributed by atoms with Gasteiger partial charge in [0, 0.05) is 37.1 Å². The maximum Gasteiger partial charge on any atom is 0.336 e. The number of carboxylic acid groups (broad SMARTS) is 2. The maximum atomic E-state index is 13.3. The van der Waals surface area contributed by atoms with Gasteiger partial charge in [-0.25, -0.2) is 9.59 Å². The molecule has 0 spiro atoms. The molecule has 43 heavy (non-hydrogen) atoms. The van der Waals surface area contributed by atoms with Gasteiger partial charge in [0.1, 0.15) is 6.61 Å². The van der Waals surface area contributed by atoms with Crippen molar-refractivity contribution in [1.82, 2.24) is 4.90 Å². The van der Waals surface area contributed by atoms with Gasteiger partial charge >= 0.3 is 11.9 Å². The molecule has 0 saturated carbocycles. The van der Waals surface area contributed by atoms with Gasteiger partial charge in [0.05, 0.1) is 0 Å². The molecule has 10 heteroatoms. The number of ether oxygens (including phenoxy) is 2. The Morgan fingerprint density at radius 3 is 2.42 bits per heavy atom. The molecule has 0 aliphatic heterocycles. The van der Waals surface area contributed by atoms with Crippen LogP contribution in [-0.4, -0.2) is 78.5 Å². The second-order valence-corrected chi connectivity index (χ2v) is 11.9. The average Bonchev–Trinajstić information content (AvgIpc) is 3.44. The average molecular weight is 613 g/mol. The van der Waals surface area contributed by atoms with Crippen LogP contribution in [0.15, 0.2) is 47.8 Å². The summed E-state index contributed by atoms with van der Waals surface area (Å²) in [6.07, 6.45) is 2.68. The Morgan fingerprint density at radius 1 is 0.884 bits per heavy atom. The number of carbonyl (C=O) groups excluding carboxylic acids is 1. The Kier molecular flexibility index (Phi) is 13.9. The number of likely N-dealkylation sites (N-methyl/N-ethyl adjacent to an activating group) is 1. The fourth-order valence-corrected chi connectivity index (χ4v) is 5.57. The smallest absolute Gasteiger partial charge is 0.336 e. The summed E-state index contributed by atoms with van der Waals surface area (Å²) in [6.45, 7) is 4.73. The second-order valence-electron chi connectivity index (χ2n) is 10.9. The highest BCUT2D eigenvalue weighted by molar-refractivity contribution is 7.17. The van der Waals surface area contributed by atoms with E-state index in [4.69, 9.17) is 14.6 Å². The maximum absolute atomic E-state index is 13.3. The van der Waals surface area contributed by atoms with E-state index in [1.165, 1.54) is 31.7 Å². The molecule has 2 unspecified atom stereocenters. The third kappa shape index (κ3) is 11.3. The molecule has 1 aromatic heterocycles. The topological polar surface area (TPSA) is 125 Å². The number of nitrogens with one attached hydrogen (secondary N) is 1. The van der Waals surface area contributed by atoms with Crippen molar-refractivity contribution in [3.05, 3.63) is 64.5 Å². The molecule has 1 amide bonds. The number of fused-ring (bicyclic) bond motifs is 1. The number of benzene rings is 2. The van der Waals surface area contributed by atoms with Gasteiger partial charge in [0.25, 0.3) is 5.91 Å². The number of hydrogen-bond acceptors (Lipinski definition) is 7.